The van der Waals surface area contributed by atoms with Crippen molar-refractivity contribution in [2.75, 3.05) is 4.72 Å². The van der Waals surface area contributed by atoms with Crippen molar-refractivity contribution < 1.29 is 23.1 Å². The molecule has 0 bridgehead atoms. The van der Waals surface area contributed by atoms with Crippen LogP contribution in [0.5, 0.6) is 5.75 Å². The summed E-state index contributed by atoms with van der Waals surface area (Å²) in [5, 5.41) is 10.1. The Hall–Kier alpha value is -3.56. The average molecular weight is 446 g/mol. The van der Waals surface area contributed by atoms with Crippen molar-refractivity contribution in [2.45, 2.75) is 4.90 Å². The molecule has 0 unspecified atom stereocenters. The lowest BCUT2D eigenvalue weighted by atomic mass is 10.2. The van der Waals surface area contributed by atoms with E-state index < -0.39 is 21.8 Å². The molecule has 10 heteroatoms. The van der Waals surface area contributed by atoms with Crippen LogP contribution >= 0.6 is 11.6 Å². The number of aromatic hydroxyl groups is 1. The van der Waals surface area contributed by atoms with E-state index in [2.05, 4.69) is 15.6 Å². The van der Waals surface area contributed by atoms with Gasteiger partial charge in [-0.25, -0.2) is 8.42 Å². The van der Waals surface area contributed by atoms with E-state index in [4.69, 9.17) is 11.6 Å². The molecule has 0 atom stereocenters. The number of phenols is 1. The number of carbonyl (C=O) groups is 2. The second-order valence-electron chi connectivity index (χ2n) is 6.07. The SMILES string of the molecule is O=C(NNC(=O)c1ccccc1O)c1cccc(S(=O)(=O)Nc2ccc(Cl)cc2)c1. The molecule has 0 aliphatic carbocycles. The molecule has 0 heterocycles. The topological polar surface area (TPSA) is 125 Å². The highest BCUT2D eigenvalue weighted by Crippen LogP contribution is 2.19. The lowest BCUT2D eigenvalue weighted by Crippen LogP contribution is -2.41. The van der Waals surface area contributed by atoms with Crippen molar-refractivity contribution in [3.8, 4) is 5.75 Å². The molecule has 0 aromatic heterocycles. The van der Waals surface area contributed by atoms with Gasteiger partial charge in [-0.1, -0.05) is 29.8 Å². The van der Waals surface area contributed by atoms with E-state index in [0.717, 1.165) is 0 Å². The van der Waals surface area contributed by atoms with Gasteiger partial charge in [-0.05, 0) is 54.6 Å². The second kappa shape index (κ2) is 8.85. The lowest BCUT2D eigenvalue weighted by Gasteiger charge is -2.11. The van der Waals surface area contributed by atoms with Crippen LogP contribution in [0.25, 0.3) is 0 Å². The number of sulfonamides is 1. The number of phenolic OH excluding ortho intramolecular Hbond substituents is 1. The number of carbonyl (C=O) groups excluding carboxylic acids is 2. The highest BCUT2D eigenvalue weighted by atomic mass is 35.5. The van der Waals surface area contributed by atoms with Crippen molar-refractivity contribution in [3.05, 3.63) is 88.9 Å². The van der Waals surface area contributed by atoms with Crippen LogP contribution in [0.1, 0.15) is 20.7 Å². The summed E-state index contributed by atoms with van der Waals surface area (Å²) < 4.78 is 27.5. The summed E-state index contributed by atoms with van der Waals surface area (Å²) in [5.41, 5.74) is 4.63. The molecule has 0 spiro atoms. The largest absolute Gasteiger partial charge is 0.507 e. The van der Waals surface area contributed by atoms with Gasteiger partial charge < -0.3 is 5.11 Å². The van der Waals surface area contributed by atoms with E-state index in [-0.39, 0.29) is 21.8 Å². The van der Waals surface area contributed by atoms with Gasteiger partial charge in [0.15, 0.2) is 0 Å². The van der Waals surface area contributed by atoms with Crippen LogP contribution in [0.3, 0.4) is 0 Å². The van der Waals surface area contributed by atoms with Crippen molar-refractivity contribution in [3.63, 3.8) is 0 Å². The number of hydrogen-bond donors (Lipinski definition) is 4. The van der Waals surface area contributed by atoms with Gasteiger partial charge in [-0.2, -0.15) is 0 Å². The predicted molar refractivity (Wildman–Crippen MR) is 112 cm³/mol. The van der Waals surface area contributed by atoms with Crippen LogP contribution in [0.4, 0.5) is 5.69 Å². The van der Waals surface area contributed by atoms with Gasteiger partial charge >= 0.3 is 0 Å². The lowest BCUT2D eigenvalue weighted by molar-refractivity contribution is 0.0845. The maximum Gasteiger partial charge on any atom is 0.273 e. The quantitative estimate of drug-likeness (QED) is 0.449. The first kappa shape index (κ1) is 21.2. The van der Waals surface area contributed by atoms with Gasteiger partial charge in [0.05, 0.1) is 10.5 Å². The molecule has 0 saturated carbocycles. The molecule has 0 radical (unpaired) electrons. The summed E-state index contributed by atoms with van der Waals surface area (Å²) in [6.45, 7) is 0. The number of hydrazine groups is 1. The average Bonchev–Trinajstić information content (AvgIpc) is 2.73. The molecule has 8 nitrogen and oxygen atoms in total. The predicted octanol–water partition coefficient (Wildman–Crippen LogP) is 2.92. The number of amides is 2. The van der Waals surface area contributed by atoms with Crippen molar-refractivity contribution >= 4 is 39.1 Å². The molecule has 0 fully saturated rings. The number of rotatable bonds is 5. The fourth-order valence-electron chi connectivity index (χ4n) is 2.46. The molecule has 3 aromatic carbocycles. The van der Waals surface area contributed by atoms with Crippen LogP contribution < -0.4 is 15.6 Å². The van der Waals surface area contributed by atoms with E-state index in [1.807, 2.05) is 0 Å². The second-order valence-corrected chi connectivity index (χ2v) is 8.18. The third-order valence-electron chi connectivity index (χ3n) is 3.94. The maximum atomic E-state index is 12.6. The van der Waals surface area contributed by atoms with Gasteiger partial charge in [0, 0.05) is 16.3 Å². The summed E-state index contributed by atoms with van der Waals surface area (Å²) in [6, 6.07) is 17.2. The smallest absolute Gasteiger partial charge is 0.273 e. The molecule has 0 saturated heterocycles. The first-order valence-corrected chi connectivity index (χ1v) is 10.4. The fraction of sp³-hybridized carbons (Fsp3) is 0. The molecule has 30 heavy (non-hydrogen) atoms. The number of halogens is 1. The van der Waals surface area contributed by atoms with E-state index in [0.29, 0.717) is 10.7 Å². The first-order chi connectivity index (χ1) is 14.3. The van der Waals surface area contributed by atoms with Crippen molar-refractivity contribution in [2.24, 2.45) is 0 Å². The molecule has 154 valence electrons. The number of benzene rings is 3. The summed E-state index contributed by atoms with van der Waals surface area (Å²) in [6.07, 6.45) is 0. The van der Waals surface area contributed by atoms with E-state index >= 15 is 0 Å². The number of anilines is 1. The minimum atomic E-state index is -3.96. The zero-order chi connectivity index (χ0) is 21.7. The highest BCUT2D eigenvalue weighted by Gasteiger charge is 2.17. The molecule has 3 aromatic rings. The Morgan fingerprint density at radius 1 is 0.833 bits per heavy atom. The standard InChI is InChI=1S/C20H16ClN3O5S/c21-14-8-10-15(11-9-14)24-30(28,29)16-5-3-4-13(12-16)19(26)22-23-20(27)17-6-1-2-7-18(17)25/h1-12,24-25H,(H,22,26)(H,23,27). The summed E-state index contributed by atoms with van der Waals surface area (Å²) >= 11 is 5.79. The van der Waals surface area contributed by atoms with Gasteiger partial charge in [0.2, 0.25) is 0 Å². The maximum absolute atomic E-state index is 12.6. The Morgan fingerprint density at radius 2 is 1.50 bits per heavy atom. The Morgan fingerprint density at radius 3 is 2.20 bits per heavy atom. The van der Waals surface area contributed by atoms with Crippen molar-refractivity contribution in [1.29, 1.82) is 0 Å². The molecule has 4 N–H and O–H groups in total. The van der Waals surface area contributed by atoms with E-state index in [1.54, 1.807) is 12.1 Å². The molecule has 3 rings (SSSR count). The van der Waals surface area contributed by atoms with Crippen LogP contribution in [-0.2, 0) is 10.0 Å². The Bertz CT molecular complexity index is 1200. The fourth-order valence-corrected chi connectivity index (χ4v) is 3.69. The van der Waals surface area contributed by atoms with Gasteiger partial charge in [0.25, 0.3) is 21.8 Å². The Balaban J connectivity index is 1.71. The molecular formula is C20H16ClN3O5S. The third kappa shape index (κ3) is 5.07. The van der Waals surface area contributed by atoms with Crippen molar-refractivity contribution in [1.82, 2.24) is 10.9 Å². The van der Waals surface area contributed by atoms with E-state index in [9.17, 15) is 23.1 Å². The summed E-state index contributed by atoms with van der Waals surface area (Å²) in [7, 11) is -3.96. The number of nitrogens with one attached hydrogen (secondary N) is 3. The van der Waals surface area contributed by atoms with Crippen LogP contribution in [0.2, 0.25) is 5.02 Å². The van der Waals surface area contributed by atoms with Gasteiger partial charge in [-0.3, -0.25) is 25.2 Å². The summed E-state index contributed by atoms with van der Waals surface area (Å²) in [5.74, 6) is -1.71. The van der Waals surface area contributed by atoms with Crippen LogP contribution in [0.15, 0.2) is 77.7 Å². The third-order valence-corrected chi connectivity index (χ3v) is 5.57. The molecular weight excluding hydrogens is 430 g/mol. The molecule has 2 amide bonds. The van der Waals surface area contributed by atoms with Crippen LogP contribution in [-0.4, -0.2) is 25.3 Å². The normalized spacial score (nSPS) is 10.8. The van der Waals surface area contributed by atoms with E-state index in [1.165, 1.54) is 60.7 Å². The highest BCUT2D eigenvalue weighted by molar-refractivity contribution is 7.92. The molecule has 0 aliphatic rings. The summed E-state index contributed by atoms with van der Waals surface area (Å²) in [4.78, 5) is 24.2. The number of hydrogen-bond acceptors (Lipinski definition) is 5. The minimum absolute atomic E-state index is 0.00608. The first-order valence-electron chi connectivity index (χ1n) is 8.53. The number of para-hydroxylation sites is 1. The zero-order valence-corrected chi connectivity index (χ0v) is 16.9. The van der Waals surface area contributed by atoms with Gasteiger partial charge in [-0.15, -0.1) is 0 Å². The zero-order valence-electron chi connectivity index (χ0n) is 15.3. The Kier molecular flexibility index (Phi) is 6.24. The monoisotopic (exact) mass is 445 g/mol. The molecule has 0 aliphatic heterocycles. The minimum Gasteiger partial charge on any atom is -0.507 e. The van der Waals surface area contributed by atoms with Crippen LogP contribution in [0, 0.1) is 0 Å². The Labute approximate surface area is 177 Å². The van der Waals surface area contributed by atoms with Gasteiger partial charge in [0.1, 0.15) is 5.75 Å².